The number of nitrogens with one attached hydrogen (secondary N) is 2. The molecule has 1 unspecified atom stereocenters. The van der Waals surface area contributed by atoms with Crippen molar-refractivity contribution in [3.8, 4) is 11.3 Å². The SMILES string of the molecule is CCC(=O)NS(CC)(CCC(F)(F)F)c1cn[nH]c1-c1cccnc1Cl. The third-order valence-corrected chi connectivity index (χ3v) is 7.87. The summed E-state index contributed by atoms with van der Waals surface area (Å²) in [4.78, 5) is 16.6. The Balaban J connectivity index is 2.54. The first-order chi connectivity index (χ1) is 12.2. The Hall–Kier alpha value is -1.74. The fraction of sp³-hybridized carbons (Fsp3) is 0.438. The maximum atomic E-state index is 12.9. The first-order valence-corrected chi connectivity index (χ1v) is 10.4. The number of pyridine rings is 1. The van der Waals surface area contributed by atoms with E-state index >= 15 is 0 Å². The highest BCUT2D eigenvalue weighted by molar-refractivity contribution is 8.32. The number of carbonyl (C=O) groups is 1. The van der Waals surface area contributed by atoms with Crippen molar-refractivity contribution in [2.24, 2.45) is 0 Å². The van der Waals surface area contributed by atoms with Gasteiger partial charge in [0.25, 0.3) is 0 Å². The standard InChI is InChI=1S/C16H20ClF3N4OS/c1-3-13(25)24-26(4-2,9-7-16(18,19)20)12-10-22-23-14(12)11-6-5-8-21-15(11)17/h5-6,8,10H,3-4,7,9H2,1-2H3,(H,22,23)(H,24,25). The van der Waals surface area contributed by atoms with Gasteiger partial charge in [0.15, 0.2) is 0 Å². The Kier molecular flexibility index (Phi) is 6.57. The lowest BCUT2D eigenvalue weighted by Crippen LogP contribution is -2.32. The number of hydrogen-bond acceptors (Lipinski definition) is 3. The minimum absolute atomic E-state index is 0.182. The van der Waals surface area contributed by atoms with Crippen molar-refractivity contribution in [2.75, 3.05) is 11.5 Å². The van der Waals surface area contributed by atoms with Gasteiger partial charge in [0.1, 0.15) is 5.15 Å². The van der Waals surface area contributed by atoms with E-state index in [4.69, 9.17) is 11.6 Å². The van der Waals surface area contributed by atoms with Crippen LogP contribution in [0.3, 0.4) is 0 Å². The maximum absolute atomic E-state index is 12.9. The Bertz CT molecular complexity index is 768. The molecule has 2 rings (SSSR count). The van der Waals surface area contributed by atoms with Crippen molar-refractivity contribution in [2.45, 2.75) is 37.8 Å². The fourth-order valence-corrected chi connectivity index (χ4v) is 5.86. The van der Waals surface area contributed by atoms with E-state index in [1.807, 2.05) is 0 Å². The van der Waals surface area contributed by atoms with Crippen molar-refractivity contribution in [1.82, 2.24) is 19.9 Å². The minimum Gasteiger partial charge on any atom is -0.314 e. The van der Waals surface area contributed by atoms with E-state index < -0.39 is 22.8 Å². The van der Waals surface area contributed by atoms with E-state index in [0.717, 1.165) is 0 Å². The molecule has 0 saturated heterocycles. The number of hydrogen-bond donors (Lipinski definition) is 2. The molecular formula is C16H20ClF3N4OS. The quantitative estimate of drug-likeness (QED) is 0.652. The lowest BCUT2D eigenvalue weighted by Gasteiger charge is -2.40. The molecular weight excluding hydrogens is 389 g/mol. The average Bonchev–Trinajstić information content (AvgIpc) is 3.08. The molecule has 5 nitrogen and oxygen atoms in total. The first-order valence-electron chi connectivity index (χ1n) is 8.02. The summed E-state index contributed by atoms with van der Waals surface area (Å²) in [5, 5.41) is 7.02. The zero-order valence-corrected chi connectivity index (χ0v) is 15.9. The molecule has 0 aliphatic rings. The van der Waals surface area contributed by atoms with Gasteiger partial charge >= 0.3 is 6.18 Å². The van der Waals surface area contributed by atoms with Crippen LogP contribution in [0.5, 0.6) is 0 Å². The molecule has 0 aliphatic carbocycles. The van der Waals surface area contributed by atoms with Gasteiger partial charge in [0.2, 0.25) is 5.91 Å². The van der Waals surface area contributed by atoms with Gasteiger partial charge in [0.05, 0.1) is 23.2 Å². The molecule has 10 heteroatoms. The highest BCUT2D eigenvalue weighted by Crippen LogP contribution is 2.56. The molecule has 2 N–H and O–H groups in total. The molecule has 26 heavy (non-hydrogen) atoms. The normalized spacial score (nSPS) is 15.3. The number of rotatable bonds is 7. The second-order valence-electron chi connectivity index (χ2n) is 5.57. The van der Waals surface area contributed by atoms with Crippen LogP contribution >= 0.6 is 21.8 Å². The summed E-state index contributed by atoms with van der Waals surface area (Å²) < 4.78 is 41.6. The Morgan fingerprint density at radius 1 is 1.38 bits per heavy atom. The molecule has 2 aromatic rings. The largest absolute Gasteiger partial charge is 0.389 e. The Labute approximate surface area is 156 Å². The van der Waals surface area contributed by atoms with Gasteiger partial charge in [-0.25, -0.2) is 4.98 Å². The van der Waals surface area contributed by atoms with Crippen LogP contribution in [0.2, 0.25) is 5.15 Å². The summed E-state index contributed by atoms with van der Waals surface area (Å²) in [7, 11) is -2.31. The van der Waals surface area contributed by atoms with Crippen LogP contribution in [0.25, 0.3) is 11.3 Å². The highest BCUT2D eigenvalue weighted by atomic mass is 35.5. The van der Waals surface area contributed by atoms with E-state index in [2.05, 4.69) is 19.9 Å². The number of carbonyl (C=O) groups excluding carboxylic acids is 1. The average molecular weight is 409 g/mol. The minimum atomic E-state index is -4.32. The van der Waals surface area contributed by atoms with Crippen LogP contribution in [-0.2, 0) is 4.79 Å². The third kappa shape index (κ3) is 4.70. The number of H-pyrrole nitrogens is 1. The van der Waals surface area contributed by atoms with Gasteiger partial charge in [-0.15, -0.1) is 10.2 Å². The number of halogens is 4. The van der Waals surface area contributed by atoms with Crippen molar-refractivity contribution in [3.05, 3.63) is 29.7 Å². The van der Waals surface area contributed by atoms with E-state index in [0.29, 0.717) is 21.9 Å². The van der Waals surface area contributed by atoms with Crippen molar-refractivity contribution < 1.29 is 18.0 Å². The molecule has 0 spiro atoms. The van der Waals surface area contributed by atoms with Crippen molar-refractivity contribution in [3.63, 3.8) is 0 Å². The summed E-state index contributed by atoms with van der Waals surface area (Å²) in [6.45, 7) is 3.43. The van der Waals surface area contributed by atoms with Gasteiger partial charge in [-0.2, -0.15) is 18.3 Å². The molecule has 0 fully saturated rings. The number of aromatic nitrogens is 3. The smallest absolute Gasteiger partial charge is 0.314 e. The van der Waals surface area contributed by atoms with E-state index in [1.165, 1.54) is 12.4 Å². The molecule has 144 valence electrons. The predicted molar refractivity (Wildman–Crippen MR) is 97.2 cm³/mol. The van der Waals surface area contributed by atoms with Crippen LogP contribution in [0.15, 0.2) is 29.4 Å². The Morgan fingerprint density at radius 2 is 2.12 bits per heavy atom. The van der Waals surface area contributed by atoms with Gasteiger partial charge in [-0.1, -0.05) is 25.4 Å². The van der Waals surface area contributed by atoms with Gasteiger partial charge in [-0.05, 0) is 17.9 Å². The summed E-state index contributed by atoms with van der Waals surface area (Å²) >= 11 is 6.15. The van der Waals surface area contributed by atoms with E-state index in [-0.39, 0.29) is 23.2 Å². The van der Waals surface area contributed by atoms with Gasteiger partial charge in [-0.3, -0.25) is 9.89 Å². The fourth-order valence-electron chi connectivity index (χ4n) is 2.50. The zero-order valence-electron chi connectivity index (χ0n) is 14.4. The number of alkyl halides is 3. The highest BCUT2D eigenvalue weighted by Gasteiger charge is 2.36. The summed E-state index contributed by atoms with van der Waals surface area (Å²) in [6.07, 6.45) is -2.14. The third-order valence-electron chi connectivity index (χ3n) is 3.91. The summed E-state index contributed by atoms with van der Waals surface area (Å²) in [5.74, 6) is -0.170. The second kappa shape index (κ2) is 8.30. The lowest BCUT2D eigenvalue weighted by atomic mass is 10.2. The number of aromatic amines is 1. The zero-order chi connectivity index (χ0) is 19.4. The molecule has 0 saturated carbocycles. The van der Waals surface area contributed by atoms with Crippen molar-refractivity contribution >= 4 is 27.7 Å². The van der Waals surface area contributed by atoms with Crippen LogP contribution < -0.4 is 4.72 Å². The second-order valence-corrected chi connectivity index (χ2v) is 9.33. The van der Waals surface area contributed by atoms with Gasteiger partial charge < -0.3 is 4.72 Å². The van der Waals surface area contributed by atoms with Crippen LogP contribution in [0.1, 0.15) is 26.7 Å². The molecule has 0 aromatic carbocycles. The molecule has 2 heterocycles. The van der Waals surface area contributed by atoms with E-state index in [1.54, 1.807) is 26.0 Å². The summed E-state index contributed by atoms with van der Waals surface area (Å²) in [5.41, 5.74) is 1.02. The Morgan fingerprint density at radius 3 is 2.69 bits per heavy atom. The van der Waals surface area contributed by atoms with E-state index in [9.17, 15) is 18.0 Å². The molecule has 2 aromatic heterocycles. The lowest BCUT2D eigenvalue weighted by molar-refractivity contribution is -0.130. The molecule has 0 bridgehead atoms. The summed E-state index contributed by atoms with van der Waals surface area (Å²) in [6, 6.07) is 3.38. The van der Waals surface area contributed by atoms with Crippen LogP contribution in [0.4, 0.5) is 13.2 Å². The monoisotopic (exact) mass is 408 g/mol. The number of amides is 1. The van der Waals surface area contributed by atoms with Crippen molar-refractivity contribution in [1.29, 1.82) is 0 Å². The molecule has 1 atom stereocenters. The molecule has 0 radical (unpaired) electrons. The molecule has 0 aliphatic heterocycles. The van der Waals surface area contributed by atoms with Gasteiger partial charge in [0, 0.05) is 23.9 Å². The first kappa shape index (κ1) is 20.6. The van der Waals surface area contributed by atoms with Crippen LogP contribution in [-0.4, -0.2) is 38.8 Å². The predicted octanol–water partition coefficient (Wildman–Crippen LogP) is 4.70. The van der Waals surface area contributed by atoms with Crippen LogP contribution in [0, 0.1) is 0 Å². The maximum Gasteiger partial charge on any atom is 0.389 e. The molecule has 1 amide bonds. The topological polar surface area (TPSA) is 70.7 Å². The number of nitrogens with zero attached hydrogens (tertiary/aromatic N) is 2.